The maximum Gasteiger partial charge on any atom is 0.175 e. The highest BCUT2D eigenvalue weighted by molar-refractivity contribution is 6.32. The maximum absolute atomic E-state index is 12.1. The van der Waals surface area contributed by atoms with Gasteiger partial charge in [-0.05, 0) is 13.8 Å². The van der Waals surface area contributed by atoms with Crippen molar-refractivity contribution in [1.29, 1.82) is 0 Å². The van der Waals surface area contributed by atoms with E-state index in [2.05, 4.69) is 0 Å². The molecule has 1 atom stereocenters. The first kappa shape index (κ1) is 18.3. The SMILES string of the molecule is COC1=C(C(=O)CCO)C(O)=C(Cl)C(O)C1(C(C)=O)C(C)=O. The van der Waals surface area contributed by atoms with Crippen LogP contribution < -0.4 is 0 Å². The van der Waals surface area contributed by atoms with Crippen LogP contribution in [0.5, 0.6) is 0 Å². The van der Waals surface area contributed by atoms with E-state index in [9.17, 15) is 24.6 Å². The summed E-state index contributed by atoms with van der Waals surface area (Å²) in [5.74, 6) is -3.59. The van der Waals surface area contributed by atoms with Gasteiger partial charge in [0.05, 0.1) is 18.7 Å². The van der Waals surface area contributed by atoms with E-state index in [-0.39, 0.29) is 6.42 Å². The highest BCUT2D eigenvalue weighted by Gasteiger charge is 2.58. The van der Waals surface area contributed by atoms with Crippen molar-refractivity contribution < 1.29 is 34.4 Å². The van der Waals surface area contributed by atoms with E-state index in [1.807, 2.05) is 0 Å². The maximum atomic E-state index is 12.1. The van der Waals surface area contributed by atoms with Crippen LogP contribution in [-0.2, 0) is 19.1 Å². The van der Waals surface area contributed by atoms with Crippen LogP contribution in [0.3, 0.4) is 0 Å². The molecule has 0 amide bonds. The van der Waals surface area contributed by atoms with E-state index in [0.717, 1.165) is 21.0 Å². The third-order valence-electron chi connectivity index (χ3n) is 3.63. The summed E-state index contributed by atoms with van der Waals surface area (Å²) in [4.78, 5) is 36.3. The Bertz CT molecular complexity index is 574. The van der Waals surface area contributed by atoms with E-state index in [1.54, 1.807) is 0 Å². The number of hydrogen-bond acceptors (Lipinski definition) is 7. The van der Waals surface area contributed by atoms with E-state index in [0.29, 0.717) is 0 Å². The van der Waals surface area contributed by atoms with Crippen LogP contribution in [0, 0.1) is 5.41 Å². The van der Waals surface area contributed by atoms with Gasteiger partial charge in [0, 0.05) is 6.42 Å². The van der Waals surface area contributed by atoms with Crippen LogP contribution in [0.4, 0.5) is 0 Å². The predicted molar refractivity (Wildman–Crippen MR) is 76.1 cm³/mol. The Balaban J connectivity index is 3.83. The van der Waals surface area contributed by atoms with Crippen molar-refractivity contribution in [2.24, 2.45) is 5.41 Å². The number of aliphatic hydroxyl groups excluding tert-OH is 3. The molecule has 0 radical (unpaired) electrons. The molecule has 122 valence electrons. The van der Waals surface area contributed by atoms with Crippen molar-refractivity contribution in [3.05, 3.63) is 22.1 Å². The zero-order chi connectivity index (χ0) is 17.2. The molecule has 1 aliphatic carbocycles. The Kier molecular flexibility index (Phi) is 5.50. The molecule has 0 saturated carbocycles. The van der Waals surface area contributed by atoms with Crippen molar-refractivity contribution in [2.75, 3.05) is 13.7 Å². The molecular formula is C14H17ClO7. The average molecular weight is 333 g/mol. The second-order valence-electron chi connectivity index (χ2n) is 4.82. The number of carbonyl (C=O) groups excluding carboxylic acids is 3. The number of Topliss-reactive ketones (excluding diaryl/α,β-unsaturated/α-hetero) is 3. The van der Waals surface area contributed by atoms with E-state index >= 15 is 0 Å². The minimum absolute atomic E-state index is 0.377. The monoisotopic (exact) mass is 332 g/mol. The minimum Gasteiger partial charge on any atom is -0.506 e. The van der Waals surface area contributed by atoms with E-state index in [4.69, 9.17) is 21.4 Å². The van der Waals surface area contributed by atoms with Crippen molar-refractivity contribution in [3.63, 3.8) is 0 Å². The molecule has 0 aromatic carbocycles. The van der Waals surface area contributed by atoms with Crippen molar-refractivity contribution in [3.8, 4) is 0 Å². The Morgan fingerprint density at radius 1 is 1.27 bits per heavy atom. The predicted octanol–water partition coefficient (Wildman–Crippen LogP) is 0.386. The summed E-state index contributed by atoms with van der Waals surface area (Å²) in [6.45, 7) is 1.58. The lowest BCUT2D eigenvalue weighted by molar-refractivity contribution is -0.144. The van der Waals surface area contributed by atoms with E-state index in [1.165, 1.54) is 0 Å². The van der Waals surface area contributed by atoms with Crippen LogP contribution in [0.1, 0.15) is 20.3 Å². The van der Waals surface area contributed by atoms with Crippen molar-refractivity contribution >= 4 is 29.0 Å². The third kappa shape index (κ3) is 2.45. The van der Waals surface area contributed by atoms with Gasteiger partial charge in [-0.15, -0.1) is 0 Å². The third-order valence-corrected chi connectivity index (χ3v) is 4.02. The summed E-state index contributed by atoms with van der Waals surface area (Å²) in [6.07, 6.45) is -2.25. The molecule has 0 aliphatic heterocycles. The molecule has 0 bridgehead atoms. The second-order valence-corrected chi connectivity index (χ2v) is 5.23. The van der Waals surface area contributed by atoms with Gasteiger partial charge >= 0.3 is 0 Å². The molecule has 1 rings (SSSR count). The first-order valence-electron chi connectivity index (χ1n) is 6.39. The molecule has 22 heavy (non-hydrogen) atoms. The first-order valence-corrected chi connectivity index (χ1v) is 6.77. The van der Waals surface area contributed by atoms with Crippen LogP contribution in [-0.4, -0.2) is 52.5 Å². The smallest absolute Gasteiger partial charge is 0.175 e. The summed E-state index contributed by atoms with van der Waals surface area (Å²) in [5.41, 5.74) is -2.70. The van der Waals surface area contributed by atoms with Gasteiger partial charge in [-0.25, -0.2) is 0 Å². The van der Waals surface area contributed by atoms with Crippen LogP contribution >= 0.6 is 11.6 Å². The zero-order valence-corrected chi connectivity index (χ0v) is 13.1. The largest absolute Gasteiger partial charge is 0.506 e. The lowest BCUT2D eigenvalue weighted by atomic mass is 9.68. The molecule has 0 fully saturated rings. The molecule has 0 heterocycles. The van der Waals surface area contributed by atoms with Crippen molar-refractivity contribution in [2.45, 2.75) is 26.4 Å². The molecule has 1 aliphatic rings. The Labute approximate surface area is 131 Å². The highest BCUT2D eigenvalue weighted by Crippen LogP contribution is 2.46. The van der Waals surface area contributed by atoms with Gasteiger partial charge in [0.25, 0.3) is 0 Å². The van der Waals surface area contributed by atoms with Gasteiger partial charge in [-0.3, -0.25) is 14.4 Å². The number of aliphatic hydroxyl groups is 3. The molecule has 0 aromatic heterocycles. The molecule has 7 nitrogen and oxygen atoms in total. The zero-order valence-electron chi connectivity index (χ0n) is 12.3. The number of hydrogen-bond donors (Lipinski definition) is 3. The topological polar surface area (TPSA) is 121 Å². The summed E-state index contributed by atoms with van der Waals surface area (Å²) < 4.78 is 5.02. The summed E-state index contributed by atoms with van der Waals surface area (Å²) in [5, 5.41) is 28.6. The molecule has 3 N–H and O–H groups in total. The van der Waals surface area contributed by atoms with Gasteiger partial charge in [0.15, 0.2) is 22.8 Å². The van der Waals surface area contributed by atoms with Crippen LogP contribution in [0.25, 0.3) is 0 Å². The number of allylic oxidation sites excluding steroid dienone is 1. The van der Waals surface area contributed by atoms with Gasteiger partial charge in [-0.2, -0.15) is 0 Å². The average Bonchev–Trinajstić information content (AvgIpc) is 2.43. The van der Waals surface area contributed by atoms with Crippen LogP contribution in [0.15, 0.2) is 22.1 Å². The lowest BCUT2D eigenvalue weighted by Gasteiger charge is -2.38. The fourth-order valence-corrected chi connectivity index (χ4v) is 2.83. The van der Waals surface area contributed by atoms with Gasteiger partial charge < -0.3 is 20.1 Å². The summed E-state index contributed by atoms with van der Waals surface area (Å²) in [6, 6.07) is 0. The number of ketones is 3. The normalized spacial score (nSPS) is 20.9. The number of methoxy groups -OCH3 is 1. The summed E-state index contributed by atoms with van der Waals surface area (Å²) in [7, 11) is 1.10. The molecule has 0 aromatic rings. The molecular weight excluding hydrogens is 316 g/mol. The first-order chi connectivity index (χ1) is 10.2. The fourth-order valence-electron chi connectivity index (χ4n) is 2.57. The molecule has 0 spiro atoms. The highest BCUT2D eigenvalue weighted by atomic mass is 35.5. The molecule has 8 heteroatoms. The number of carbonyl (C=O) groups is 3. The number of ether oxygens (including phenoxy) is 1. The van der Waals surface area contributed by atoms with Gasteiger partial charge in [-0.1, -0.05) is 11.6 Å². The molecule has 0 saturated heterocycles. The minimum atomic E-state index is -2.21. The lowest BCUT2D eigenvalue weighted by Crippen LogP contribution is -2.52. The second kappa shape index (κ2) is 6.60. The van der Waals surface area contributed by atoms with E-state index < -0.39 is 57.6 Å². The van der Waals surface area contributed by atoms with Crippen LogP contribution in [0.2, 0.25) is 0 Å². The molecule has 1 unspecified atom stereocenters. The summed E-state index contributed by atoms with van der Waals surface area (Å²) >= 11 is 5.82. The Morgan fingerprint density at radius 3 is 2.14 bits per heavy atom. The quantitative estimate of drug-likeness (QED) is 0.601. The van der Waals surface area contributed by atoms with Gasteiger partial charge in [0.2, 0.25) is 0 Å². The number of halogens is 1. The standard InChI is InChI=1S/C14H17ClO7/c1-6(17)14(7(2)18)12(21)10(15)11(20)9(13(14)22-3)8(19)4-5-16/h12,16,20-21H,4-5H2,1-3H3. The number of rotatable bonds is 6. The fraction of sp³-hybridized carbons (Fsp3) is 0.500. The van der Waals surface area contributed by atoms with Crippen molar-refractivity contribution in [1.82, 2.24) is 0 Å². The van der Waals surface area contributed by atoms with Gasteiger partial charge in [0.1, 0.15) is 23.2 Å². The Morgan fingerprint density at radius 2 is 1.77 bits per heavy atom. The Hall–Kier alpha value is -1.70.